The predicted molar refractivity (Wildman–Crippen MR) is 121 cm³/mol. The molecule has 0 radical (unpaired) electrons. The van der Waals surface area contributed by atoms with Crippen molar-refractivity contribution in [2.24, 2.45) is 5.92 Å². The molecule has 0 fully saturated rings. The minimum absolute atomic E-state index is 0.0295. The zero-order chi connectivity index (χ0) is 20.3. The van der Waals surface area contributed by atoms with E-state index in [1.165, 1.54) is 11.1 Å². The molecule has 29 heavy (non-hydrogen) atoms. The molecule has 0 saturated heterocycles. The fourth-order valence-electron chi connectivity index (χ4n) is 3.58. The number of halogens is 1. The fourth-order valence-corrected chi connectivity index (χ4v) is 3.87. The standard InChI is InChI=1S/C26H22ClNO/c1-26(27)18-23(16-17-24(26)25(29)21-10-6-3-7-11-21)28-22-14-12-20(13-15-22)19-8-4-2-5-9-19/h2-18,24,28H,1H3. The van der Waals surface area contributed by atoms with E-state index in [9.17, 15) is 4.79 Å². The van der Waals surface area contributed by atoms with Crippen molar-refractivity contribution in [2.45, 2.75) is 11.8 Å². The Morgan fingerprint density at radius 3 is 2.07 bits per heavy atom. The van der Waals surface area contributed by atoms with Gasteiger partial charge in [-0.2, -0.15) is 0 Å². The van der Waals surface area contributed by atoms with Crippen molar-refractivity contribution in [1.29, 1.82) is 0 Å². The van der Waals surface area contributed by atoms with Gasteiger partial charge >= 0.3 is 0 Å². The molecule has 3 aromatic carbocycles. The first-order chi connectivity index (χ1) is 14.0. The maximum atomic E-state index is 12.9. The molecular weight excluding hydrogens is 378 g/mol. The van der Waals surface area contributed by atoms with Crippen LogP contribution in [0.1, 0.15) is 17.3 Å². The van der Waals surface area contributed by atoms with Crippen LogP contribution >= 0.6 is 11.6 Å². The Hall–Kier alpha value is -3.10. The van der Waals surface area contributed by atoms with E-state index in [4.69, 9.17) is 11.6 Å². The third-order valence-electron chi connectivity index (χ3n) is 5.14. The fraction of sp³-hybridized carbons (Fsp3) is 0.115. The number of benzene rings is 3. The smallest absolute Gasteiger partial charge is 0.171 e. The summed E-state index contributed by atoms with van der Waals surface area (Å²) in [6, 6.07) is 27.8. The summed E-state index contributed by atoms with van der Waals surface area (Å²) >= 11 is 6.76. The predicted octanol–water partition coefficient (Wildman–Crippen LogP) is 6.72. The highest BCUT2D eigenvalue weighted by Crippen LogP contribution is 2.36. The van der Waals surface area contributed by atoms with Crippen molar-refractivity contribution >= 4 is 23.1 Å². The van der Waals surface area contributed by atoms with Gasteiger partial charge in [0.1, 0.15) is 0 Å². The lowest BCUT2D eigenvalue weighted by Crippen LogP contribution is -2.34. The SMILES string of the molecule is CC1(Cl)C=C(Nc2ccc(-c3ccccc3)cc2)C=CC1C(=O)c1ccccc1. The minimum atomic E-state index is -0.798. The zero-order valence-corrected chi connectivity index (χ0v) is 16.9. The monoisotopic (exact) mass is 399 g/mol. The Kier molecular flexibility index (Phi) is 5.37. The van der Waals surface area contributed by atoms with Crippen LogP contribution in [0.4, 0.5) is 5.69 Å². The Morgan fingerprint density at radius 2 is 1.45 bits per heavy atom. The molecule has 2 nitrogen and oxygen atoms in total. The van der Waals surface area contributed by atoms with E-state index in [0.717, 1.165) is 11.4 Å². The number of rotatable bonds is 5. The van der Waals surface area contributed by atoms with Gasteiger partial charge in [-0.15, -0.1) is 11.6 Å². The lowest BCUT2D eigenvalue weighted by atomic mass is 9.82. The Bertz CT molecular complexity index is 1050. The van der Waals surface area contributed by atoms with Crippen LogP contribution in [0, 0.1) is 5.92 Å². The average molecular weight is 400 g/mol. The number of hydrogen-bond acceptors (Lipinski definition) is 2. The van der Waals surface area contributed by atoms with Crippen molar-refractivity contribution < 1.29 is 4.79 Å². The lowest BCUT2D eigenvalue weighted by molar-refractivity contribution is 0.0932. The molecule has 0 aromatic heterocycles. The van der Waals surface area contributed by atoms with Crippen LogP contribution in [-0.4, -0.2) is 10.7 Å². The van der Waals surface area contributed by atoms with Crippen LogP contribution in [-0.2, 0) is 0 Å². The van der Waals surface area contributed by atoms with E-state index in [2.05, 4.69) is 29.6 Å². The van der Waals surface area contributed by atoms with Gasteiger partial charge < -0.3 is 5.32 Å². The number of nitrogens with one attached hydrogen (secondary N) is 1. The van der Waals surface area contributed by atoms with Crippen molar-refractivity contribution in [2.75, 3.05) is 5.32 Å². The summed E-state index contributed by atoms with van der Waals surface area (Å²) in [5.41, 5.74) is 4.88. The van der Waals surface area contributed by atoms with E-state index < -0.39 is 10.8 Å². The van der Waals surface area contributed by atoms with E-state index >= 15 is 0 Å². The van der Waals surface area contributed by atoms with Gasteiger partial charge in [-0.05, 0) is 42.3 Å². The lowest BCUT2D eigenvalue weighted by Gasteiger charge is -2.30. The molecule has 0 spiro atoms. The first-order valence-electron chi connectivity index (χ1n) is 9.65. The van der Waals surface area contributed by atoms with Gasteiger partial charge in [-0.1, -0.05) is 78.9 Å². The highest BCUT2D eigenvalue weighted by molar-refractivity contribution is 6.28. The number of hydrogen-bond donors (Lipinski definition) is 1. The molecule has 4 rings (SSSR count). The molecule has 1 aliphatic carbocycles. The van der Waals surface area contributed by atoms with Gasteiger partial charge in [0, 0.05) is 16.9 Å². The normalized spacial score (nSPS) is 20.8. The third kappa shape index (κ3) is 4.33. The Morgan fingerprint density at radius 1 is 0.862 bits per heavy atom. The summed E-state index contributed by atoms with van der Waals surface area (Å²) < 4.78 is 0. The van der Waals surface area contributed by atoms with E-state index in [0.29, 0.717) is 5.56 Å². The Labute approximate surface area is 176 Å². The molecule has 2 atom stereocenters. The maximum Gasteiger partial charge on any atom is 0.171 e. The van der Waals surface area contributed by atoms with Gasteiger partial charge in [0.25, 0.3) is 0 Å². The second-order valence-electron chi connectivity index (χ2n) is 7.39. The Balaban J connectivity index is 1.49. The highest BCUT2D eigenvalue weighted by Gasteiger charge is 2.36. The number of anilines is 1. The number of allylic oxidation sites excluding steroid dienone is 3. The van der Waals surface area contributed by atoms with Crippen LogP contribution in [0.5, 0.6) is 0 Å². The molecule has 3 heteroatoms. The van der Waals surface area contributed by atoms with Crippen LogP contribution in [0.3, 0.4) is 0 Å². The van der Waals surface area contributed by atoms with Gasteiger partial charge in [-0.25, -0.2) is 0 Å². The largest absolute Gasteiger partial charge is 0.356 e. The molecular formula is C26H22ClNO. The third-order valence-corrected chi connectivity index (χ3v) is 5.48. The topological polar surface area (TPSA) is 29.1 Å². The molecule has 1 N–H and O–H groups in total. The number of alkyl halides is 1. The second-order valence-corrected chi connectivity index (χ2v) is 8.20. The van der Waals surface area contributed by atoms with E-state index in [-0.39, 0.29) is 5.78 Å². The average Bonchev–Trinajstić information content (AvgIpc) is 2.74. The summed E-state index contributed by atoms with van der Waals surface area (Å²) in [7, 11) is 0. The summed E-state index contributed by atoms with van der Waals surface area (Å²) in [4.78, 5) is 12.1. The highest BCUT2D eigenvalue weighted by atomic mass is 35.5. The van der Waals surface area contributed by atoms with Gasteiger partial charge in [0.2, 0.25) is 0 Å². The number of Topliss-reactive ketones (excluding diaryl/α,β-unsaturated/α-hetero) is 1. The molecule has 1 aliphatic rings. The van der Waals surface area contributed by atoms with Gasteiger partial charge in [-0.3, -0.25) is 4.79 Å². The first kappa shape index (κ1) is 19.2. The first-order valence-corrected chi connectivity index (χ1v) is 10.0. The number of carbonyl (C=O) groups is 1. The number of ketones is 1. The molecule has 2 unspecified atom stereocenters. The van der Waals surface area contributed by atoms with E-state index in [1.54, 1.807) is 0 Å². The van der Waals surface area contributed by atoms with Crippen LogP contribution in [0.15, 0.2) is 109 Å². The van der Waals surface area contributed by atoms with Crippen molar-refractivity contribution in [1.82, 2.24) is 0 Å². The van der Waals surface area contributed by atoms with Gasteiger partial charge in [0.05, 0.1) is 10.8 Å². The minimum Gasteiger partial charge on any atom is -0.356 e. The molecule has 144 valence electrons. The van der Waals surface area contributed by atoms with Crippen LogP contribution in [0.2, 0.25) is 0 Å². The molecule has 0 amide bonds. The molecule has 0 bridgehead atoms. The molecule has 0 aliphatic heterocycles. The number of carbonyl (C=O) groups excluding carboxylic acids is 1. The quantitative estimate of drug-likeness (QED) is 0.381. The molecule has 0 heterocycles. The van der Waals surface area contributed by atoms with Crippen molar-refractivity contribution in [3.63, 3.8) is 0 Å². The second kappa shape index (κ2) is 8.10. The van der Waals surface area contributed by atoms with Gasteiger partial charge in [0.15, 0.2) is 5.78 Å². The van der Waals surface area contributed by atoms with Crippen LogP contribution < -0.4 is 5.32 Å². The summed E-state index contributed by atoms with van der Waals surface area (Å²) in [5, 5.41) is 3.39. The maximum absolute atomic E-state index is 12.9. The molecule has 3 aromatic rings. The summed E-state index contributed by atoms with van der Waals surface area (Å²) in [6.07, 6.45) is 5.74. The summed E-state index contributed by atoms with van der Waals surface area (Å²) in [6.45, 7) is 1.88. The summed E-state index contributed by atoms with van der Waals surface area (Å²) in [5.74, 6) is -0.376. The molecule has 0 saturated carbocycles. The van der Waals surface area contributed by atoms with Crippen molar-refractivity contribution in [3.05, 3.63) is 114 Å². The van der Waals surface area contributed by atoms with Crippen LogP contribution in [0.25, 0.3) is 11.1 Å². The van der Waals surface area contributed by atoms with Crippen molar-refractivity contribution in [3.8, 4) is 11.1 Å². The van der Waals surface area contributed by atoms with E-state index in [1.807, 2.05) is 85.8 Å². The zero-order valence-electron chi connectivity index (χ0n) is 16.2.